The van der Waals surface area contributed by atoms with E-state index < -0.39 is 0 Å². The molecule has 0 fully saturated rings. The number of benzene rings is 1. The summed E-state index contributed by atoms with van der Waals surface area (Å²) in [5.74, 6) is 2.82. The van der Waals surface area contributed by atoms with Crippen molar-refractivity contribution in [2.45, 2.75) is 25.8 Å². The Kier molecular flexibility index (Phi) is 4.56. The minimum absolute atomic E-state index is 0. The Morgan fingerprint density at radius 3 is 2.74 bits per heavy atom. The van der Waals surface area contributed by atoms with E-state index in [2.05, 4.69) is 45.1 Å². The highest BCUT2D eigenvalue weighted by Gasteiger charge is 2.25. The lowest BCUT2D eigenvalue weighted by atomic mass is 9.98. The molecule has 1 aromatic carbocycles. The summed E-state index contributed by atoms with van der Waals surface area (Å²) in [4.78, 5) is 0. The van der Waals surface area contributed by atoms with E-state index in [1.807, 2.05) is 0 Å². The number of nitrogens with two attached hydrogens (primary N) is 1. The maximum Gasteiger partial charge on any atom is 0.134 e. The monoisotopic (exact) mass is 278 g/mol. The van der Waals surface area contributed by atoms with Crippen LogP contribution in [-0.4, -0.2) is 21.3 Å². The molecule has 0 amide bonds. The molecular weight excluding hydrogens is 260 g/mol. The summed E-state index contributed by atoms with van der Waals surface area (Å²) in [6.45, 7) is 1.67. The summed E-state index contributed by atoms with van der Waals surface area (Å²) in [5.41, 5.74) is 7.00. The summed E-state index contributed by atoms with van der Waals surface area (Å²) in [6.07, 6.45) is 2.98. The van der Waals surface area contributed by atoms with Crippen molar-refractivity contribution in [1.29, 1.82) is 0 Å². The first-order valence-electron chi connectivity index (χ1n) is 6.51. The smallest absolute Gasteiger partial charge is 0.134 e. The van der Waals surface area contributed by atoms with E-state index >= 15 is 0 Å². The number of halogens is 1. The zero-order chi connectivity index (χ0) is 12.4. The van der Waals surface area contributed by atoms with Crippen molar-refractivity contribution in [2.24, 2.45) is 11.7 Å². The van der Waals surface area contributed by atoms with Gasteiger partial charge in [0, 0.05) is 19.4 Å². The molecule has 0 bridgehead atoms. The molecule has 1 aliphatic heterocycles. The molecule has 2 N–H and O–H groups in total. The van der Waals surface area contributed by atoms with E-state index in [0.29, 0.717) is 12.5 Å². The maximum atomic E-state index is 5.59. The van der Waals surface area contributed by atoms with Gasteiger partial charge in [-0.3, -0.25) is 0 Å². The van der Waals surface area contributed by atoms with Crippen LogP contribution in [0.2, 0.25) is 0 Å². The quantitative estimate of drug-likeness (QED) is 0.925. The van der Waals surface area contributed by atoms with Gasteiger partial charge in [-0.15, -0.1) is 22.6 Å². The number of rotatable bonds is 4. The van der Waals surface area contributed by atoms with E-state index in [1.54, 1.807) is 0 Å². The first-order chi connectivity index (χ1) is 8.86. The average molecular weight is 279 g/mol. The molecule has 1 aromatic heterocycles. The predicted octanol–water partition coefficient (Wildman–Crippen LogP) is 1.62. The molecule has 5 heteroatoms. The van der Waals surface area contributed by atoms with Crippen molar-refractivity contribution in [3.05, 3.63) is 47.5 Å². The first-order valence-corrected chi connectivity index (χ1v) is 6.51. The van der Waals surface area contributed by atoms with Crippen molar-refractivity contribution >= 4 is 12.4 Å². The lowest BCUT2D eigenvalue weighted by molar-refractivity contribution is 0.496. The Hall–Kier alpha value is -1.39. The van der Waals surface area contributed by atoms with Crippen molar-refractivity contribution in [3.63, 3.8) is 0 Å². The molecule has 2 aromatic rings. The maximum absolute atomic E-state index is 5.59. The van der Waals surface area contributed by atoms with Crippen LogP contribution in [0.3, 0.4) is 0 Å². The first kappa shape index (κ1) is 14.0. The fourth-order valence-corrected chi connectivity index (χ4v) is 2.71. The summed E-state index contributed by atoms with van der Waals surface area (Å²) < 4.78 is 2.25. The van der Waals surface area contributed by atoms with Crippen LogP contribution in [0.5, 0.6) is 0 Å². The molecule has 102 valence electrons. The van der Waals surface area contributed by atoms with Gasteiger partial charge in [0.2, 0.25) is 0 Å². The lowest BCUT2D eigenvalue weighted by Crippen LogP contribution is -2.12. The summed E-state index contributed by atoms with van der Waals surface area (Å²) in [5, 5.41) is 8.47. The average Bonchev–Trinajstić information content (AvgIpc) is 2.93. The molecule has 19 heavy (non-hydrogen) atoms. The van der Waals surface area contributed by atoms with Gasteiger partial charge in [-0.1, -0.05) is 30.3 Å². The zero-order valence-corrected chi connectivity index (χ0v) is 11.6. The van der Waals surface area contributed by atoms with Crippen LogP contribution in [-0.2, 0) is 25.8 Å². The van der Waals surface area contributed by atoms with Crippen molar-refractivity contribution in [1.82, 2.24) is 14.8 Å². The number of hydrogen-bond donors (Lipinski definition) is 1. The molecule has 0 spiro atoms. The minimum Gasteiger partial charge on any atom is -0.330 e. The highest BCUT2D eigenvalue weighted by Crippen LogP contribution is 2.23. The topological polar surface area (TPSA) is 56.7 Å². The Labute approximate surface area is 119 Å². The second-order valence-corrected chi connectivity index (χ2v) is 4.94. The zero-order valence-electron chi connectivity index (χ0n) is 10.8. The number of hydrogen-bond acceptors (Lipinski definition) is 3. The van der Waals surface area contributed by atoms with Crippen molar-refractivity contribution in [2.75, 3.05) is 6.54 Å². The van der Waals surface area contributed by atoms with Gasteiger partial charge in [-0.25, -0.2) is 0 Å². The second kappa shape index (κ2) is 6.17. The van der Waals surface area contributed by atoms with Crippen LogP contribution < -0.4 is 5.73 Å². The van der Waals surface area contributed by atoms with Crippen LogP contribution in [0.25, 0.3) is 0 Å². The molecule has 1 atom stereocenters. The summed E-state index contributed by atoms with van der Waals surface area (Å²) in [7, 11) is 0. The molecule has 1 aliphatic rings. The molecular formula is C14H19ClN4. The molecule has 4 nitrogen and oxygen atoms in total. The van der Waals surface area contributed by atoms with Gasteiger partial charge in [0.05, 0.1) is 0 Å². The predicted molar refractivity (Wildman–Crippen MR) is 77.4 cm³/mol. The van der Waals surface area contributed by atoms with Crippen LogP contribution in [0, 0.1) is 5.92 Å². The van der Waals surface area contributed by atoms with Crippen LogP contribution in [0.15, 0.2) is 30.3 Å². The van der Waals surface area contributed by atoms with Gasteiger partial charge in [0.15, 0.2) is 0 Å². The number of nitrogens with zero attached hydrogens (tertiary/aromatic N) is 3. The van der Waals surface area contributed by atoms with Gasteiger partial charge in [-0.2, -0.15) is 0 Å². The largest absolute Gasteiger partial charge is 0.330 e. The second-order valence-electron chi connectivity index (χ2n) is 4.94. The fourth-order valence-electron chi connectivity index (χ4n) is 2.71. The number of fused-ring (bicyclic) bond motifs is 1. The third kappa shape index (κ3) is 2.96. The van der Waals surface area contributed by atoms with Crippen molar-refractivity contribution < 1.29 is 0 Å². The third-order valence-corrected chi connectivity index (χ3v) is 3.55. The van der Waals surface area contributed by atoms with E-state index in [-0.39, 0.29) is 12.4 Å². The summed E-state index contributed by atoms with van der Waals surface area (Å²) in [6, 6.07) is 10.7. The van der Waals surface area contributed by atoms with E-state index in [4.69, 9.17) is 5.73 Å². The molecule has 0 radical (unpaired) electrons. The molecule has 0 saturated carbocycles. The van der Waals surface area contributed by atoms with Gasteiger partial charge >= 0.3 is 0 Å². The Balaban J connectivity index is 0.00000133. The molecule has 0 saturated heterocycles. The number of aromatic nitrogens is 3. The van der Waals surface area contributed by atoms with E-state index in [1.165, 1.54) is 5.56 Å². The third-order valence-electron chi connectivity index (χ3n) is 3.55. The highest BCUT2D eigenvalue weighted by atomic mass is 35.5. The SMILES string of the molecule is Cl.NCCc1nnc2n1CC(Cc1ccccc1)C2. The van der Waals surface area contributed by atoms with Crippen molar-refractivity contribution in [3.8, 4) is 0 Å². The van der Waals surface area contributed by atoms with Crippen LogP contribution in [0.1, 0.15) is 17.2 Å². The Bertz CT molecular complexity index is 523. The van der Waals surface area contributed by atoms with Gasteiger partial charge < -0.3 is 10.3 Å². The van der Waals surface area contributed by atoms with Crippen LogP contribution >= 0.6 is 12.4 Å². The van der Waals surface area contributed by atoms with E-state index in [9.17, 15) is 0 Å². The Morgan fingerprint density at radius 1 is 1.21 bits per heavy atom. The van der Waals surface area contributed by atoms with E-state index in [0.717, 1.165) is 37.5 Å². The Morgan fingerprint density at radius 2 is 2.00 bits per heavy atom. The van der Waals surface area contributed by atoms with Gasteiger partial charge in [-0.05, 0) is 24.4 Å². The highest BCUT2D eigenvalue weighted by molar-refractivity contribution is 5.85. The fraction of sp³-hybridized carbons (Fsp3) is 0.429. The normalized spacial score (nSPS) is 17.0. The standard InChI is InChI=1S/C14H18N4.ClH/c15-7-6-13-16-17-14-9-12(10-18(13)14)8-11-4-2-1-3-5-11;/h1-5,12H,6-10,15H2;1H. The molecule has 3 rings (SSSR count). The lowest BCUT2D eigenvalue weighted by Gasteiger charge is -2.09. The minimum atomic E-state index is 0. The summed E-state index contributed by atoms with van der Waals surface area (Å²) >= 11 is 0. The molecule has 1 unspecified atom stereocenters. The van der Waals surface area contributed by atoms with Crippen LogP contribution in [0.4, 0.5) is 0 Å². The molecule has 0 aliphatic carbocycles. The van der Waals surface area contributed by atoms with Gasteiger partial charge in [0.1, 0.15) is 11.6 Å². The van der Waals surface area contributed by atoms with Gasteiger partial charge in [0.25, 0.3) is 0 Å². The molecule has 2 heterocycles.